The van der Waals surface area contributed by atoms with Crippen LogP contribution in [0.15, 0.2) is 0 Å². The molecule has 0 aliphatic carbocycles. The van der Waals surface area contributed by atoms with Crippen LogP contribution in [0, 0.1) is 0 Å². The highest BCUT2D eigenvalue weighted by molar-refractivity contribution is 4.77. The van der Waals surface area contributed by atoms with Crippen LogP contribution in [0.4, 0.5) is 0 Å². The molecule has 0 aromatic carbocycles. The summed E-state index contributed by atoms with van der Waals surface area (Å²) >= 11 is 0. The molecular weight excluding hydrogens is 222 g/mol. The molecule has 0 aromatic rings. The van der Waals surface area contributed by atoms with Crippen LogP contribution < -0.4 is 5.32 Å². The Morgan fingerprint density at radius 3 is 2.67 bits per heavy atom. The van der Waals surface area contributed by atoms with E-state index in [1.165, 1.54) is 58.3 Å². The monoisotopic (exact) mass is 255 g/mol. The number of hydrogen-bond acceptors (Lipinski definition) is 3. The Bertz CT molecular complexity index is 204. The van der Waals surface area contributed by atoms with Crippen molar-refractivity contribution < 1.29 is 0 Å². The Kier molecular flexibility index (Phi) is 7.87. The van der Waals surface area contributed by atoms with E-state index in [2.05, 4.69) is 43.1 Å². The predicted octanol–water partition coefficient (Wildman–Crippen LogP) is 2.18. The highest BCUT2D eigenvalue weighted by Gasteiger charge is 2.20. The molecule has 1 heterocycles. The lowest BCUT2D eigenvalue weighted by Crippen LogP contribution is -2.45. The number of unbranched alkanes of at least 4 members (excludes halogenated alkanes) is 2. The Hall–Kier alpha value is -0.120. The van der Waals surface area contributed by atoms with Crippen LogP contribution in [0.25, 0.3) is 0 Å². The van der Waals surface area contributed by atoms with E-state index >= 15 is 0 Å². The van der Waals surface area contributed by atoms with Crippen LogP contribution in [0.5, 0.6) is 0 Å². The summed E-state index contributed by atoms with van der Waals surface area (Å²) in [6.45, 7) is 9.50. The van der Waals surface area contributed by atoms with Crippen molar-refractivity contribution in [3.63, 3.8) is 0 Å². The molecule has 1 fully saturated rings. The quantitative estimate of drug-likeness (QED) is 0.671. The van der Waals surface area contributed by atoms with E-state index < -0.39 is 0 Å². The Labute approximate surface area is 114 Å². The molecular formula is C15H33N3. The molecule has 0 bridgehead atoms. The van der Waals surface area contributed by atoms with Crippen LogP contribution in [-0.2, 0) is 0 Å². The normalized spacial score (nSPS) is 22.0. The van der Waals surface area contributed by atoms with Crippen molar-refractivity contribution in [1.29, 1.82) is 0 Å². The maximum Gasteiger partial charge on any atom is 0.0217 e. The Balaban J connectivity index is 2.01. The lowest BCUT2D eigenvalue weighted by atomic mass is 10.0. The van der Waals surface area contributed by atoms with Crippen molar-refractivity contribution in [1.82, 2.24) is 15.1 Å². The summed E-state index contributed by atoms with van der Waals surface area (Å²) in [4.78, 5) is 5.04. The van der Waals surface area contributed by atoms with Gasteiger partial charge >= 0.3 is 0 Å². The molecule has 0 radical (unpaired) electrons. The first-order valence-electron chi connectivity index (χ1n) is 7.71. The smallest absolute Gasteiger partial charge is 0.0217 e. The topological polar surface area (TPSA) is 18.5 Å². The van der Waals surface area contributed by atoms with Crippen molar-refractivity contribution in [2.45, 2.75) is 58.0 Å². The molecule has 1 unspecified atom stereocenters. The number of likely N-dealkylation sites (tertiary alicyclic amines) is 1. The highest BCUT2D eigenvalue weighted by Crippen LogP contribution is 2.14. The van der Waals surface area contributed by atoms with Crippen molar-refractivity contribution in [2.75, 3.05) is 40.3 Å². The summed E-state index contributed by atoms with van der Waals surface area (Å²) in [5, 5.41) is 3.49. The van der Waals surface area contributed by atoms with Gasteiger partial charge in [0.2, 0.25) is 0 Å². The van der Waals surface area contributed by atoms with E-state index in [0.717, 1.165) is 6.04 Å². The zero-order chi connectivity index (χ0) is 13.4. The minimum atomic E-state index is 0.632. The van der Waals surface area contributed by atoms with Gasteiger partial charge in [0.05, 0.1) is 0 Å². The van der Waals surface area contributed by atoms with Gasteiger partial charge in [-0.2, -0.15) is 0 Å². The fourth-order valence-electron chi connectivity index (χ4n) is 2.68. The molecule has 1 aliphatic heterocycles. The molecule has 0 aromatic heterocycles. The maximum absolute atomic E-state index is 3.49. The second-order valence-electron chi connectivity index (χ2n) is 6.23. The van der Waals surface area contributed by atoms with Gasteiger partial charge in [-0.25, -0.2) is 0 Å². The minimum Gasteiger partial charge on any atom is -0.315 e. The molecule has 1 aliphatic rings. The molecule has 18 heavy (non-hydrogen) atoms. The lowest BCUT2D eigenvalue weighted by molar-refractivity contribution is 0.131. The summed E-state index contributed by atoms with van der Waals surface area (Å²) in [5.41, 5.74) is 0. The first-order chi connectivity index (χ1) is 8.59. The summed E-state index contributed by atoms with van der Waals surface area (Å²) in [6.07, 6.45) is 6.80. The lowest BCUT2D eigenvalue weighted by Gasteiger charge is -2.36. The van der Waals surface area contributed by atoms with Crippen LogP contribution in [0.1, 0.15) is 46.0 Å². The van der Waals surface area contributed by atoms with E-state index in [1.807, 2.05) is 0 Å². The molecule has 0 amide bonds. The first-order valence-corrected chi connectivity index (χ1v) is 7.71. The zero-order valence-corrected chi connectivity index (χ0v) is 12.9. The van der Waals surface area contributed by atoms with E-state index in [9.17, 15) is 0 Å². The van der Waals surface area contributed by atoms with Crippen molar-refractivity contribution in [3.05, 3.63) is 0 Å². The average molecular weight is 255 g/mol. The summed E-state index contributed by atoms with van der Waals surface area (Å²) < 4.78 is 0. The molecule has 1 saturated heterocycles. The zero-order valence-electron chi connectivity index (χ0n) is 12.9. The average Bonchev–Trinajstić information content (AvgIpc) is 2.33. The van der Waals surface area contributed by atoms with Gasteiger partial charge in [0, 0.05) is 18.6 Å². The third kappa shape index (κ3) is 6.72. The van der Waals surface area contributed by atoms with Crippen LogP contribution in [0.3, 0.4) is 0 Å². The number of rotatable bonds is 8. The van der Waals surface area contributed by atoms with Gasteiger partial charge in [-0.05, 0) is 59.4 Å². The largest absolute Gasteiger partial charge is 0.315 e. The Morgan fingerprint density at radius 2 is 2.00 bits per heavy atom. The molecule has 1 atom stereocenters. The number of likely N-dealkylation sites (N-methyl/N-ethyl adjacent to an activating group) is 1. The molecule has 1 N–H and O–H groups in total. The molecule has 0 spiro atoms. The number of hydrogen-bond donors (Lipinski definition) is 1. The van der Waals surface area contributed by atoms with Crippen molar-refractivity contribution in [3.8, 4) is 0 Å². The van der Waals surface area contributed by atoms with Crippen molar-refractivity contribution in [2.24, 2.45) is 0 Å². The maximum atomic E-state index is 3.49. The fourth-order valence-corrected chi connectivity index (χ4v) is 2.68. The van der Waals surface area contributed by atoms with E-state index in [0.29, 0.717) is 6.04 Å². The standard InChI is InChI=1S/C15H33N3/c1-14(2)16-10-6-5-7-11-18-12-8-9-15(13-18)17(3)4/h14-16H,5-13H2,1-4H3. The fraction of sp³-hybridized carbons (Fsp3) is 1.00. The number of nitrogens with zero attached hydrogens (tertiary/aromatic N) is 2. The van der Waals surface area contributed by atoms with Crippen LogP contribution in [0.2, 0.25) is 0 Å². The van der Waals surface area contributed by atoms with Gasteiger partial charge in [-0.3, -0.25) is 0 Å². The van der Waals surface area contributed by atoms with Gasteiger partial charge in [0.1, 0.15) is 0 Å². The van der Waals surface area contributed by atoms with Gasteiger partial charge < -0.3 is 15.1 Å². The SMILES string of the molecule is CC(C)NCCCCCN1CCCC(N(C)C)C1. The Morgan fingerprint density at radius 1 is 1.22 bits per heavy atom. The van der Waals surface area contributed by atoms with Gasteiger partial charge in [0.25, 0.3) is 0 Å². The number of piperidine rings is 1. The first kappa shape index (κ1) is 15.9. The summed E-state index contributed by atoms with van der Waals surface area (Å²) in [5.74, 6) is 0. The predicted molar refractivity (Wildman–Crippen MR) is 80.1 cm³/mol. The van der Waals surface area contributed by atoms with Gasteiger partial charge in [0.15, 0.2) is 0 Å². The van der Waals surface area contributed by atoms with Crippen LogP contribution in [-0.4, -0.2) is 62.2 Å². The van der Waals surface area contributed by atoms with E-state index in [-0.39, 0.29) is 0 Å². The van der Waals surface area contributed by atoms with Gasteiger partial charge in [-0.15, -0.1) is 0 Å². The van der Waals surface area contributed by atoms with E-state index in [1.54, 1.807) is 0 Å². The van der Waals surface area contributed by atoms with E-state index in [4.69, 9.17) is 0 Å². The molecule has 108 valence electrons. The molecule has 1 rings (SSSR count). The summed E-state index contributed by atoms with van der Waals surface area (Å²) in [7, 11) is 4.43. The third-order valence-electron chi connectivity index (χ3n) is 3.91. The third-order valence-corrected chi connectivity index (χ3v) is 3.91. The number of nitrogens with one attached hydrogen (secondary N) is 1. The molecule has 3 heteroatoms. The van der Waals surface area contributed by atoms with Crippen LogP contribution >= 0.6 is 0 Å². The molecule has 0 saturated carbocycles. The second-order valence-corrected chi connectivity index (χ2v) is 6.23. The van der Waals surface area contributed by atoms with Gasteiger partial charge in [-0.1, -0.05) is 20.3 Å². The van der Waals surface area contributed by atoms with Crippen molar-refractivity contribution >= 4 is 0 Å². The molecule has 3 nitrogen and oxygen atoms in total. The second kappa shape index (κ2) is 8.89. The summed E-state index contributed by atoms with van der Waals surface area (Å²) in [6, 6.07) is 1.41. The highest BCUT2D eigenvalue weighted by atomic mass is 15.2. The minimum absolute atomic E-state index is 0.632.